The number of hydrogen-bond donors (Lipinski definition) is 1. The van der Waals surface area contributed by atoms with Gasteiger partial charge in [0.25, 0.3) is 5.91 Å². The summed E-state index contributed by atoms with van der Waals surface area (Å²) in [5.41, 5.74) is 1.49. The molecule has 10 heteroatoms. The molecular weight excluding hydrogens is 458 g/mol. The third kappa shape index (κ3) is 6.27. The van der Waals surface area contributed by atoms with Crippen LogP contribution in [0.3, 0.4) is 0 Å². The molecular formula is C24H31N3O6S. The van der Waals surface area contributed by atoms with E-state index in [9.17, 15) is 18.0 Å². The number of amides is 1. The predicted octanol–water partition coefficient (Wildman–Crippen LogP) is 3.12. The van der Waals surface area contributed by atoms with E-state index in [4.69, 9.17) is 9.47 Å². The first-order valence-corrected chi connectivity index (χ1v) is 12.6. The summed E-state index contributed by atoms with van der Waals surface area (Å²) in [6, 6.07) is 11.3. The van der Waals surface area contributed by atoms with Gasteiger partial charge < -0.3 is 19.7 Å². The maximum atomic E-state index is 13.1. The van der Waals surface area contributed by atoms with Gasteiger partial charge in [-0.15, -0.1) is 0 Å². The van der Waals surface area contributed by atoms with Gasteiger partial charge in [-0.05, 0) is 55.3 Å². The Morgan fingerprint density at radius 1 is 1.00 bits per heavy atom. The van der Waals surface area contributed by atoms with Crippen molar-refractivity contribution in [3.05, 3.63) is 48.0 Å². The molecule has 34 heavy (non-hydrogen) atoms. The van der Waals surface area contributed by atoms with Crippen molar-refractivity contribution in [1.82, 2.24) is 4.31 Å². The Morgan fingerprint density at radius 3 is 2.24 bits per heavy atom. The number of rotatable bonds is 8. The topological polar surface area (TPSA) is 105 Å². The van der Waals surface area contributed by atoms with E-state index in [2.05, 4.69) is 5.32 Å². The lowest BCUT2D eigenvalue weighted by Crippen LogP contribution is -2.32. The maximum absolute atomic E-state index is 13.1. The summed E-state index contributed by atoms with van der Waals surface area (Å²) in [4.78, 5) is 26.9. The fourth-order valence-corrected chi connectivity index (χ4v) is 5.23. The number of anilines is 2. The van der Waals surface area contributed by atoms with Gasteiger partial charge in [-0.3, -0.25) is 4.79 Å². The van der Waals surface area contributed by atoms with Gasteiger partial charge in [-0.25, -0.2) is 13.2 Å². The Balaban J connectivity index is 1.69. The molecule has 1 N–H and O–H groups in total. The summed E-state index contributed by atoms with van der Waals surface area (Å²) in [6.45, 7) is 0.369. The normalized spacial score (nSPS) is 14.7. The van der Waals surface area contributed by atoms with Gasteiger partial charge in [0.1, 0.15) is 11.3 Å². The highest BCUT2D eigenvalue weighted by molar-refractivity contribution is 7.89. The molecule has 0 radical (unpaired) electrons. The molecule has 2 aromatic carbocycles. The van der Waals surface area contributed by atoms with Crippen LogP contribution in [0.15, 0.2) is 47.4 Å². The van der Waals surface area contributed by atoms with Gasteiger partial charge in [0.2, 0.25) is 10.0 Å². The summed E-state index contributed by atoms with van der Waals surface area (Å²) in [6.07, 6.45) is 3.59. The Hall–Kier alpha value is -3.11. The van der Waals surface area contributed by atoms with Gasteiger partial charge in [0.15, 0.2) is 6.61 Å². The number of esters is 1. The van der Waals surface area contributed by atoms with E-state index in [0.29, 0.717) is 18.8 Å². The number of carbonyl (C=O) groups excluding carboxylic acids is 2. The van der Waals surface area contributed by atoms with Gasteiger partial charge in [-0.1, -0.05) is 12.8 Å². The summed E-state index contributed by atoms with van der Waals surface area (Å²) >= 11 is 0. The molecule has 184 valence electrons. The summed E-state index contributed by atoms with van der Waals surface area (Å²) in [5.74, 6) is -1.19. The second-order valence-corrected chi connectivity index (χ2v) is 10.2. The van der Waals surface area contributed by atoms with E-state index >= 15 is 0 Å². The monoisotopic (exact) mass is 489 g/mol. The molecule has 1 aliphatic rings. The first-order chi connectivity index (χ1) is 16.2. The number of benzene rings is 2. The van der Waals surface area contributed by atoms with Gasteiger partial charge in [0, 0.05) is 38.6 Å². The van der Waals surface area contributed by atoms with Crippen LogP contribution in [0.2, 0.25) is 0 Å². The number of methoxy groups -OCH3 is 1. The first-order valence-electron chi connectivity index (χ1n) is 11.1. The van der Waals surface area contributed by atoms with Gasteiger partial charge in [-0.2, -0.15) is 4.31 Å². The van der Waals surface area contributed by atoms with E-state index in [1.165, 1.54) is 29.6 Å². The largest absolute Gasteiger partial charge is 0.496 e. The van der Waals surface area contributed by atoms with Crippen molar-refractivity contribution >= 4 is 33.3 Å². The molecule has 0 atom stereocenters. The van der Waals surface area contributed by atoms with Crippen molar-refractivity contribution in [3.8, 4) is 5.75 Å². The highest BCUT2D eigenvalue weighted by atomic mass is 32.2. The lowest BCUT2D eigenvalue weighted by Gasteiger charge is -2.20. The molecule has 0 saturated carbocycles. The van der Waals surface area contributed by atoms with Crippen molar-refractivity contribution in [3.63, 3.8) is 0 Å². The average molecular weight is 490 g/mol. The van der Waals surface area contributed by atoms with E-state index in [-0.39, 0.29) is 16.2 Å². The first kappa shape index (κ1) is 25.5. The zero-order valence-electron chi connectivity index (χ0n) is 19.7. The number of nitrogens with zero attached hydrogens (tertiary/aromatic N) is 2. The Bertz CT molecular complexity index is 1110. The molecule has 0 bridgehead atoms. The van der Waals surface area contributed by atoms with E-state index in [1.807, 2.05) is 31.1 Å². The van der Waals surface area contributed by atoms with E-state index in [1.54, 1.807) is 12.1 Å². The van der Waals surface area contributed by atoms with Crippen molar-refractivity contribution in [1.29, 1.82) is 0 Å². The third-order valence-electron chi connectivity index (χ3n) is 5.60. The summed E-state index contributed by atoms with van der Waals surface area (Å²) < 4.78 is 38.1. The van der Waals surface area contributed by atoms with Crippen LogP contribution < -0.4 is 15.0 Å². The lowest BCUT2D eigenvalue weighted by atomic mass is 10.2. The quantitative estimate of drug-likeness (QED) is 0.568. The zero-order chi connectivity index (χ0) is 24.7. The van der Waals surface area contributed by atoms with Crippen LogP contribution in [0.4, 0.5) is 11.4 Å². The van der Waals surface area contributed by atoms with E-state index in [0.717, 1.165) is 31.4 Å². The standard InChI is InChI=1S/C24H31N3O6S/c1-26(2)19-10-8-18(9-11-19)25-23(28)17-33-24(29)21-16-20(12-13-22(21)32-3)34(30,31)27-14-6-4-5-7-15-27/h8-13,16H,4-7,14-15,17H2,1-3H3,(H,25,28). The number of carbonyl (C=O) groups is 2. The fourth-order valence-electron chi connectivity index (χ4n) is 3.69. The minimum absolute atomic E-state index is 0.00687. The molecule has 1 amide bonds. The molecule has 0 aliphatic carbocycles. The predicted molar refractivity (Wildman–Crippen MR) is 130 cm³/mol. The van der Waals surface area contributed by atoms with Gasteiger partial charge in [0.05, 0.1) is 12.0 Å². The number of ether oxygens (including phenoxy) is 2. The second kappa shape index (κ2) is 11.3. The van der Waals surface area contributed by atoms with E-state index < -0.39 is 28.5 Å². The molecule has 1 aliphatic heterocycles. The second-order valence-electron chi connectivity index (χ2n) is 8.25. The Morgan fingerprint density at radius 2 is 1.65 bits per heavy atom. The van der Waals surface area contributed by atoms with Crippen LogP contribution in [0, 0.1) is 0 Å². The lowest BCUT2D eigenvalue weighted by molar-refractivity contribution is -0.119. The Kier molecular flexibility index (Phi) is 8.51. The highest BCUT2D eigenvalue weighted by Gasteiger charge is 2.27. The minimum atomic E-state index is -3.76. The number of nitrogens with one attached hydrogen (secondary N) is 1. The summed E-state index contributed by atoms with van der Waals surface area (Å²) in [7, 11) is 1.44. The minimum Gasteiger partial charge on any atom is -0.496 e. The number of hydrogen-bond acceptors (Lipinski definition) is 7. The van der Waals surface area contributed by atoms with Crippen LogP contribution in [-0.2, 0) is 19.6 Å². The van der Waals surface area contributed by atoms with Crippen LogP contribution >= 0.6 is 0 Å². The SMILES string of the molecule is COc1ccc(S(=O)(=O)N2CCCCCC2)cc1C(=O)OCC(=O)Nc1ccc(N(C)C)cc1. The smallest absolute Gasteiger partial charge is 0.342 e. The molecule has 1 saturated heterocycles. The van der Waals surface area contributed by atoms with Crippen LogP contribution in [0.25, 0.3) is 0 Å². The molecule has 2 aromatic rings. The molecule has 1 heterocycles. The van der Waals surface area contributed by atoms with Gasteiger partial charge >= 0.3 is 5.97 Å². The van der Waals surface area contributed by atoms with Crippen molar-refractivity contribution < 1.29 is 27.5 Å². The molecule has 3 rings (SSSR count). The van der Waals surface area contributed by atoms with Crippen LogP contribution in [0.5, 0.6) is 5.75 Å². The highest BCUT2D eigenvalue weighted by Crippen LogP contribution is 2.27. The van der Waals surface area contributed by atoms with Crippen LogP contribution in [0.1, 0.15) is 36.0 Å². The number of sulfonamides is 1. The maximum Gasteiger partial charge on any atom is 0.342 e. The van der Waals surface area contributed by atoms with Crippen molar-refractivity contribution in [2.75, 3.05) is 51.1 Å². The molecule has 1 fully saturated rings. The third-order valence-corrected chi connectivity index (χ3v) is 7.49. The summed E-state index contributed by atoms with van der Waals surface area (Å²) in [5, 5.41) is 2.66. The van der Waals surface area contributed by atoms with Crippen molar-refractivity contribution in [2.24, 2.45) is 0 Å². The zero-order valence-corrected chi connectivity index (χ0v) is 20.6. The molecule has 0 spiro atoms. The molecule has 9 nitrogen and oxygen atoms in total. The fraction of sp³-hybridized carbons (Fsp3) is 0.417. The molecule has 0 aromatic heterocycles. The van der Waals surface area contributed by atoms with Crippen LogP contribution in [-0.4, -0.2) is 65.5 Å². The average Bonchev–Trinajstić information content (AvgIpc) is 3.13. The Labute approximate surface area is 200 Å². The van der Waals surface area contributed by atoms with Crippen molar-refractivity contribution in [2.45, 2.75) is 30.6 Å². The molecule has 0 unspecified atom stereocenters.